The van der Waals surface area contributed by atoms with Gasteiger partial charge < -0.3 is 4.90 Å². The second kappa shape index (κ2) is 7.99. The molecular weight excluding hydrogens is 352 g/mol. The Bertz CT molecular complexity index is 689. The summed E-state index contributed by atoms with van der Waals surface area (Å²) >= 11 is 1.90. The highest BCUT2D eigenvalue weighted by Crippen LogP contribution is 2.30. The zero-order chi connectivity index (χ0) is 18.0. The zero-order valence-electron chi connectivity index (χ0n) is 15.6. The Hall–Kier alpha value is -0.560. The Kier molecular flexibility index (Phi) is 6.14. The first kappa shape index (κ1) is 19.2. The number of likely N-dealkylation sites (tertiary alicyclic amines) is 1. The third-order valence-corrected chi connectivity index (χ3v) is 8.68. The van der Waals surface area contributed by atoms with Crippen LogP contribution in [0.4, 0.5) is 0 Å². The molecule has 2 aliphatic rings. The van der Waals surface area contributed by atoms with E-state index in [1.807, 2.05) is 49.0 Å². The van der Waals surface area contributed by atoms with E-state index in [4.69, 9.17) is 0 Å². The van der Waals surface area contributed by atoms with Gasteiger partial charge in [0.15, 0.2) is 0 Å². The van der Waals surface area contributed by atoms with Gasteiger partial charge in [-0.3, -0.25) is 0 Å². The van der Waals surface area contributed by atoms with Crippen molar-refractivity contribution in [3.8, 4) is 0 Å². The van der Waals surface area contributed by atoms with Crippen molar-refractivity contribution < 1.29 is 8.42 Å². The summed E-state index contributed by atoms with van der Waals surface area (Å²) in [5, 5.41) is 0. The van der Waals surface area contributed by atoms with E-state index in [2.05, 4.69) is 4.90 Å². The third kappa shape index (κ3) is 4.24. The molecule has 0 amide bonds. The molecule has 3 rings (SSSR count). The van der Waals surface area contributed by atoms with Crippen molar-refractivity contribution in [2.24, 2.45) is 0 Å². The smallest absolute Gasteiger partial charge is 0.243 e. The van der Waals surface area contributed by atoms with Gasteiger partial charge >= 0.3 is 0 Å². The van der Waals surface area contributed by atoms with Gasteiger partial charge in [-0.05, 0) is 70.0 Å². The first-order chi connectivity index (χ1) is 11.9. The van der Waals surface area contributed by atoms with E-state index in [-0.39, 0.29) is 6.04 Å². The highest BCUT2D eigenvalue weighted by atomic mass is 32.2. The minimum atomic E-state index is -3.46. The molecule has 1 unspecified atom stereocenters. The number of nitrogens with zero attached hydrogens (tertiary/aromatic N) is 2. The van der Waals surface area contributed by atoms with Crippen LogP contribution < -0.4 is 0 Å². The minimum absolute atomic E-state index is 0.0794. The molecule has 1 aromatic rings. The molecule has 0 radical (unpaired) electrons. The molecule has 1 atom stereocenters. The molecule has 4 nitrogen and oxygen atoms in total. The Labute approximate surface area is 157 Å². The summed E-state index contributed by atoms with van der Waals surface area (Å²) in [5.41, 5.74) is 2.86. The van der Waals surface area contributed by atoms with Crippen molar-refractivity contribution in [3.05, 3.63) is 28.8 Å². The van der Waals surface area contributed by atoms with E-state index in [1.54, 1.807) is 0 Å². The molecule has 1 aromatic carbocycles. The van der Waals surface area contributed by atoms with Crippen LogP contribution in [0.15, 0.2) is 17.0 Å². The first-order valence-corrected chi connectivity index (χ1v) is 11.9. The van der Waals surface area contributed by atoms with Crippen LogP contribution in [0.1, 0.15) is 36.0 Å². The third-order valence-electron chi connectivity index (χ3n) is 5.22. The van der Waals surface area contributed by atoms with E-state index in [0.717, 1.165) is 54.3 Å². The van der Waals surface area contributed by atoms with Gasteiger partial charge in [0, 0.05) is 24.9 Å². The van der Waals surface area contributed by atoms with E-state index >= 15 is 0 Å². The lowest BCUT2D eigenvalue weighted by Gasteiger charge is -2.32. The van der Waals surface area contributed by atoms with Gasteiger partial charge in [0.1, 0.15) is 0 Å². The van der Waals surface area contributed by atoms with Gasteiger partial charge in [0.2, 0.25) is 10.0 Å². The highest BCUT2D eigenvalue weighted by molar-refractivity contribution is 7.99. The molecule has 0 aromatic heterocycles. The molecule has 2 heterocycles. The number of hydrogen-bond donors (Lipinski definition) is 0. The number of thioether (sulfide) groups is 1. The molecule has 25 heavy (non-hydrogen) atoms. The lowest BCUT2D eigenvalue weighted by molar-refractivity contribution is 0.243. The molecule has 2 aliphatic heterocycles. The van der Waals surface area contributed by atoms with Crippen molar-refractivity contribution in [1.82, 2.24) is 9.21 Å². The standard InChI is InChI=1S/C19H30N2O2S2/c1-15-11-16(2)19(17(3)12-15)25(22,23)21-9-6-10-24-14-18(21)13-20-7-4-5-8-20/h11-12,18H,4-10,13-14H2,1-3H3. The topological polar surface area (TPSA) is 40.6 Å². The van der Waals surface area contributed by atoms with Crippen LogP contribution in [0, 0.1) is 20.8 Å². The van der Waals surface area contributed by atoms with Crippen molar-refractivity contribution in [2.45, 2.75) is 51.0 Å². The van der Waals surface area contributed by atoms with E-state index in [1.165, 1.54) is 12.8 Å². The van der Waals surface area contributed by atoms with Gasteiger partial charge in [-0.15, -0.1) is 0 Å². The van der Waals surface area contributed by atoms with Crippen LogP contribution in [0.25, 0.3) is 0 Å². The van der Waals surface area contributed by atoms with Crippen molar-refractivity contribution in [2.75, 3.05) is 37.7 Å². The van der Waals surface area contributed by atoms with E-state index < -0.39 is 10.0 Å². The molecule has 6 heteroatoms. The molecule has 2 saturated heterocycles. The Morgan fingerprint density at radius 2 is 1.68 bits per heavy atom. The number of aryl methyl sites for hydroxylation is 3. The van der Waals surface area contributed by atoms with E-state index in [0.29, 0.717) is 11.4 Å². The van der Waals surface area contributed by atoms with Crippen molar-refractivity contribution in [1.29, 1.82) is 0 Å². The van der Waals surface area contributed by atoms with Gasteiger partial charge in [-0.1, -0.05) is 17.7 Å². The Morgan fingerprint density at radius 1 is 1.04 bits per heavy atom. The maximum Gasteiger partial charge on any atom is 0.243 e. The fourth-order valence-corrected chi connectivity index (χ4v) is 7.44. The molecule has 2 fully saturated rings. The van der Waals surface area contributed by atoms with Gasteiger partial charge in [-0.2, -0.15) is 16.1 Å². The normalized spacial score (nSPS) is 23.7. The minimum Gasteiger partial charge on any atom is -0.302 e. The molecular formula is C19H30N2O2S2. The summed E-state index contributed by atoms with van der Waals surface area (Å²) in [6.07, 6.45) is 3.41. The Balaban J connectivity index is 1.94. The average molecular weight is 383 g/mol. The summed E-state index contributed by atoms with van der Waals surface area (Å²) in [6, 6.07) is 4.06. The average Bonchev–Trinajstić information content (AvgIpc) is 2.89. The lowest BCUT2D eigenvalue weighted by Crippen LogP contribution is -2.47. The van der Waals surface area contributed by atoms with Gasteiger partial charge in [0.05, 0.1) is 4.90 Å². The summed E-state index contributed by atoms with van der Waals surface area (Å²) in [4.78, 5) is 2.96. The van der Waals surface area contributed by atoms with Crippen LogP contribution in [-0.4, -0.2) is 61.3 Å². The number of hydrogen-bond acceptors (Lipinski definition) is 4. The highest BCUT2D eigenvalue weighted by Gasteiger charge is 2.35. The fourth-order valence-electron chi connectivity index (χ4n) is 4.22. The maximum atomic E-state index is 13.6. The van der Waals surface area contributed by atoms with Crippen LogP contribution in [0.2, 0.25) is 0 Å². The number of rotatable bonds is 4. The largest absolute Gasteiger partial charge is 0.302 e. The summed E-state index contributed by atoms with van der Waals surface area (Å²) in [5.74, 6) is 1.95. The summed E-state index contributed by atoms with van der Waals surface area (Å²) < 4.78 is 29.0. The molecule has 0 bridgehead atoms. The van der Waals surface area contributed by atoms with Gasteiger partial charge in [0.25, 0.3) is 0 Å². The van der Waals surface area contributed by atoms with Crippen LogP contribution in [-0.2, 0) is 10.0 Å². The molecule has 0 aliphatic carbocycles. The van der Waals surface area contributed by atoms with Crippen molar-refractivity contribution >= 4 is 21.8 Å². The van der Waals surface area contributed by atoms with Crippen LogP contribution >= 0.6 is 11.8 Å². The molecule has 140 valence electrons. The maximum absolute atomic E-state index is 13.6. The van der Waals surface area contributed by atoms with Crippen LogP contribution in [0.3, 0.4) is 0 Å². The SMILES string of the molecule is Cc1cc(C)c(S(=O)(=O)N2CCCSCC2CN2CCCC2)c(C)c1. The molecule has 0 spiro atoms. The monoisotopic (exact) mass is 382 g/mol. The van der Waals surface area contributed by atoms with Crippen molar-refractivity contribution in [3.63, 3.8) is 0 Å². The summed E-state index contributed by atoms with van der Waals surface area (Å²) in [7, 11) is -3.46. The molecule has 0 saturated carbocycles. The number of benzene rings is 1. The summed E-state index contributed by atoms with van der Waals surface area (Å²) in [6.45, 7) is 9.60. The predicted molar refractivity (Wildman–Crippen MR) is 106 cm³/mol. The van der Waals surface area contributed by atoms with E-state index in [9.17, 15) is 8.42 Å². The second-order valence-electron chi connectivity index (χ2n) is 7.43. The van der Waals surface area contributed by atoms with Gasteiger partial charge in [-0.25, -0.2) is 8.42 Å². The predicted octanol–water partition coefficient (Wildman–Crippen LogP) is 3.20. The fraction of sp³-hybridized carbons (Fsp3) is 0.684. The second-order valence-corrected chi connectivity index (χ2v) is 10.4. The quantitative estimate of drug-likeness (QED) is 0.802. The Morgan fingerprint density at radius 3 is 2.32 bits per heavy atom. The first-order valence-electron chi connectivity index (χ1n) is 9.29. The van der Waals surface area contributed by atoms with Crippen LogP contribution in [0.5, 0.6) is 0 Å². The number of sulfonamides is 1. The molecule has 0 N–H and O–H groups in total. The zero-order valence-corrected chi connectivity index (χ0v) is 17.3. The lowest BCUT2D eigenvalue weighted by atomic mass is 10.1.